The molecule has 0 heterocycles. The number of nitrogens with zero attached hydrogens (tertiary/aromatic N) is 1. The summed E-state index contributed by atoms with van der Waals surface area (Å²) in [5.41, 5.74) is 0.571. The third kappa shape index (κ3) is 7.71. The Labute approximate surface area is 211 Å². The highest BCUT2D eigenvalue weighted by molar-refractivity contribution is 6.36. The van der Waals surface area contributed by atoms with Gasteiger partial charge in [0.25, 0.3) is 5.91 Å². The topological polar surface area (TPSA) is 77.1 Å². The van der Waals surface area contributed by atoms with Crippen LogP contribution in [0.15, 0.2) is 36.4 Å². The number of amides is 2. The molecule has 0 aromatic heterocycles. The monoisotopic (exact) mass is 510 g/mol. The maximum atomic E-state index is 13.4. The van der Waals surface area contributed by atoms with E-state index in [0.717, 1.165) is 12.8 Å². The van der Waals surface area contributed by atoms with E-state index in [0.29, 0.717) is 45.8 Å². The SMILES string of the molecule is CCCCNC(=O)[C@H](CC)N(Cc1c(Cl)cccc1Cl)C(=O)COc1cc(OC)cc(OC)c1. The number of hydrogen-bond donors (Lipinski definition) is 1. The Hall–Kier alpha value is -2.64. The van der Waals surface area contributed by atoms with Crippen molar-refractivity contribution >= 4 is 35.0 Å². The van der Waals surface area contributed by atoms with Crippen molar-refractivity contribution in [1.29, 1.82) is 0 Å². The minimum Gasteiger partial charge on any atom is -0.496 e. The summed E-state index contributed by atoms with van der Waals surface area (Å²) in [5, 5.41) is 3.76. The molecule has 0 saturated heterocycles. The summed E-state index contributed by atoms with van der Waals surface area (Å²) in [6.45, 7) is 4.22. The molecule has 0 unspecified atom stereocenters. The molecule has 2 rings (SSSR count). The number of carbonyl (C=O) groups excluding carboxylic acids is 2. The van der Waals surface area contributed by atoms with Gasteiger partial charge in [0.15, 0.2) is 6.61 Å². The lowest BCUT2D eigenvalue weighted by atomic mass is 10.1. The van der Waals surface area contributed by atoms with Gasteiger partial charge in [-0.25, -0.2) is 0 Å². The third-order valence-corrected chi connectivity index (χ3v) is 6.00. The fourth-order valence-corrected chi connectivity index (χ4v) is 3.89. The lowest BCUT2D eigenvalue weighted by Crippen LogP contribution is -2.50. The minimum atomic E-state index is -0.708. The van der Waals surface area contributed by atoms with Gasteiger partial charge in [0.2, 0.25) is 5.91 Å². The van der Waals surface area contributed by atoms with E-state index in [2.05, 4.69) is 5.32 Å². The molecule has 7 nitrogen and oxygen atoms in total. The Morgan fingerprint density at radius 1 is 1.00 bits per heavy atom. The van der Waals surface area contributed by atoms with Crippen LogP contribution in [0.1, 0.15) is 38.7 Å². The number of hydrogen-bond acceptors (Lipinski definition) is 5. The number of halogens is 2. The van der Waals surface area contributed by atoms with Crippen LogP contribution in [-0.4, -0.2) is 50.1 Å². The first kappa shape index (κ1) is 27.6. The molecule has 9 heteroatoms. The Morgan fingerprint density at radius 3 is 2.12 bits per heavy atom. The number of benzene rings is 2. The van der Waals surface area contributed by atoms with Crippen molar-refractivity contribution in [2.75, 3.05) is 27.4 Å². The van der Waals surface area contributed by atoms with Crippen LogP contribution in [-0.2, 0) is 16.1 Å². The second-order valence-electron chi connectivity index (χ2n) is 7.63. The molecular formula is C25H32Cl2N2O5. The first-order valence-corrected chi connectivity index (χ1v) is 12.0. The lowest BCUT2D eigenvalue weighted by Gasteiger charge is -2.31. The largest absolute Gasteiger partial charge is 0.496 e. The minimum absolute atomic E-state index is 0.0713. The van der Waals surface area contributed by atoms with Gasteiger partial charge in [0.05, 0.1) is 14.2 Å². The molecule has 0 aliphatic rings. The molecule has 0 radical (unpaired) electrons. The summed E-state index contributed by atoms with van der Waals surface area (Å²) < 4.78 is 16.3. The fourth-order valence-electron chi connectivity index (χ4n) is 3.37. The molecule has 2 aromatic carbocycles. The van der Waals surface area contributed by atoms with Gasteiger partial charge in [0, 0.05) is 46.9 Å². The summed E-state index contributed by atoms with van der Waals surface area (Å²) in [7, 11) is 3.06. The van der Waals surface area contributed by atoms with E-state index >= 15 is 0 Å². The molecule has 1 N–H and O–H groups in total. The van der Waals surface area contributed by atoms with Crippen molar-refractivity contribution in [2.24, 2.45) is 0 Å². The fraction of sp³-hybridized carbons (Fsp3) is 0.440. The third-order valence-electron chi connectivity index (χ3n) is 5.29. The van der Waals surface area contributed by atoms with Gasteiger partial charge in [-0.05, 0) is 25.0 Å². The molecular weight excluding hydrogens is 479 g/mol. The zero-order chi connectivity index (χ0) is 25.1. The molecule has 0 saturated carbocycles. The number of methoxy groups -OCH3 is 2. The van der Waals surface area contributed by atoms with Crippen molar-refractivity contribution in [3.63, 3.8) is 0 Å². The number of unbranched alkanes of at least 4 members (excludes halogenated alkanes) is 1. The Balaban J connectivity index is 2.28. The summed E-state index contributed by atoms with van der Waals surface area (Å²) in [6, 6.07) is 9.43. The predicted molar refractivity (Wildman–Crippen MR) is 134 cm³/mol. The van der Waals surface area contributed by atoms with Crippen LogP contribution in [0.25, 0.3) is 0 Å². The molecule has 0 aliphatic heterocycles. The van der Waals surface area contributed by atoms with Gasteiger partial charge in [-0.3, -0.25) is 9.59 Å². The molecule has 2 aromatic rings. The highest BCUT2D eigenvalue weighted by atomic mass is 35.5. The summed E-state index contributed by atoms with van der Waals surface area (Å²) in [4.78, 5) is 27.8. The Morgan fingerprint density at radius 2 is 1.59 bits per heavy atom. The molecule has 1 atom stereocenters. The maximum Gasteiger partial charge on any atom is 0.261 e. The van der Waals surface area contributed by atoms with Crippen LogP contribution >= 0.6 is 23.2 Å². The first-order valence-electron chi connectivity index (χ1n) is 11.2. The van der Waals surface area contributed by atoms with Crippen LogP contribution in [0.5, 0.6) is 17.2 Å². The second kappa shape index (κ2) is 13.9. The average molecular weight is 511 g/mol. The summed E-state index contributed by atoms with van der Waals surface area (Å²) in [6.07, 6.45) is 2.22. The van der Waals surface area contributed by atoms with Crippen molar-refractivity contribution in [1.82, 2.24) is 10.2 Å². The standard InChI is InChI=1S/C25H32Cl2N2O5/c1-5-7-11-28-25(31)23(6-2)29(15-20-21(26)9-8-10-22(20)27)24(30)16-34-19-13-17(32-3)12-18(14-19)33-4/h8-10,12-14,23H,5-7,11,15-16H2,1-4H3,(H,28,31)/t23-/m0/s1. The smallest absolute Gasteiger partial charge is 0.261 e. The number of ether oxygens (including phenoxy) is 3. The summed E-state index contributed by atoms with van der Waals surface area (Å²) >= 11 is 12.7. The maximum absolute atomic E-state index is 13.4. The zero-order valence-corrected chi connectivity index (χ0v) is 21.5. The van der Waals surface area contributed by atoms with E-state index in [9.17, 15) is 9.59 Å². The summed E-state index contributed by atoms with van der Waals surface area (Å²) in [5.74, 6) is 0.859. The van der Waals surface area contributed by atoms with Crippen molar-refractivity contribution in [3.8, 4) is 17.2 Å². The van der Waals surface area contributed by atoms with E-state index in [4.69, 9.17) is 37.4 Å². The van der Waals surface area contributed by atoms with Crippen LogP contribution in [0.3, 0.4) is 0 Å². The van der Waals surface area contributed by atoms with E-state index < -0.39 is 6.04 Å². The van der Waals surface area contributed by atoms with Crippen LogP contribution in [0, 0.1) is 0 Å². The van der Waals surface area contributed by atoms with Gasteiger partial charge in [-0.15, -0.1) is 0 Å². The van der Waals surface area contributed by atoms with E-state index in [1.54, 1.807) is 36.4 Å². The van der Waals surface area contributed by atoms with Gasteiger partial charge < -0.3 is 24.4 Å². The van der Waals surface area contributed by atoms with Gasteiger partial charge >= 0.3 is 0 Å². The normalized spacial score (nSPS) is 11.5. The van der Waals surface area contributed by atoms with E-state index in [-0.39, 0.29) is 25.0 Å². The second-order valence-corrected chi connectivity index (χ2v) is 8.44. The number of carbonyl (C=O) groups is 2. The Kier molecular flexibility index (Phi) is 11.3. The van der Waals surface area contributed by atoms with Crippen molar-refractivity contribution in [2.45, 2.75) is 45.7 Å². The first-order chi connectivity index (χ1) is 16.3. The van der Waals surface area contributed by atoms with Crippen LogP contribution < -0.4 is 19.5 Å². The predicted octanol–water partition coefficient (Wildman–Crippen LogP) is 5.11. The van der Waals surface area contributed by atoms with Gasteiger partial charge in [0.1, 0.15) is 23.3 Å². The zero-order valence-electron chi connectivity index (χ0n) is 20.0. The molecule has 186 valence electrons. The van der Waals surface area contributed by atoms with Crippen molar-refractivity contribution in [3.05, 3.63) is 52.0 Å². The molecule has 0 bridgehead atoms. The van der Waals surface area contributed by atoms with Crippen LogP contribution in [0.2, 0.25) is 10.0 Å². The molecule has 0 aliphatic carbocycles. The van der Waals surface area contributed by atoms with Crippen LogP contribution in [0.4, 0.5) is 0 Å². The number of rotatable bonds is 13. The highest BCUT2D eigenvalue weighted by Gasteiger charge is 2.30. The van der Waals surface area contributed by atoms with E-state index in [1.807, 2.05) is 13.8 Å². The Bertz CT molecular complexity index is 928. The molecule has 34 heavy (non-hydrogen) atoms. The highest BCUT2D eigenvalue weighted by Crippen LogP contribution is 2.29. The van der Waals surface area contributed by atoms with Crippen molar-refractivity contribution < 1.29 is 23.8 Å². The van der Waals surface area contributed by atoms with E-state index in [1.165, 1.54) is 19.1 Å². The quantitative estimate of drug-likeness (QED) is 0.378. The van der Waals surface area contributed by atoms with Gasteiger partial charge in [-0.2, -0.15) is 0 Å². The average Bonchev–Trinajstić information content (AvgIpc) is 2.84. The molecule has 2 amide bonds. The lowest BCUT2D eigenvalue weighted by molar-refractivity contribution is -0.143. The van der Waals surface area contributed by atoms with Gasteiger partial charge in [-0.1, -0.05) is 49.5 Å². The number of nitrogens with one attached hydrogen (secondary N) is 1. The molecule has 0 spiro atoms. The molecule has 0 fully saturated rings.